The molecule has 0 saturated carbocycles. The maximum atomic E-state index is 12.0. The number of ether oxygens (including phenoxy) is 1. The normalized spacial score (nSPS) is 11.1. The average Bonchev–Trinajstić information content (AvgIpc) is 2.84. The predicted molar refractivity (Wildman–Crippen MR) is 146 cm³/mol. The van der Waals surface area contributed by atoms with E-state index >= 15 is 0 Å². The van der Waals surface area contributed by atoms with Crippen LogP contribution in [0, 0.1) is 0 Å². The zero-order valence-electron chi connectivity index (χ0n) is 21.9. The van der Waals surface area contributed by atoms with Crippen LogP contribution >= 0.6 is 0 Å². The standard InChI is InChI=1S/C29H48O5.Ba.2H/c1-4-5-6-7-8-9-10-11-12-13-14-15-16-17-21-24-27(30)32-25-29(2,3)34-33-28(31)26-22-19-18-20-23-26;;;/h18-20,22-23H,4-17,21,24-25H2,1-3H3;;;. The van der Waals surface area contributed by atoms with Crippen LogP contribution in [0.25, 0.3) is 0 Å². The van der Waals surface area contributed by atoms with E-state index in [-0.39, 0.29) is 61.5 Å². The minimum atomic E-state index is -0.908. The van der Waals surface area contributed by atoms with E-state index < -0.39 is 11.6 Å². The summed E-state index contributed by atoms with van der Waals surface area (Å²) in [6.45, 7) is 5.73. The van der Waals surface area contributed by atoms with Crippen LogP contribution in [-0.4, -0.2) is 73.0 Å². The third-order valence-corrected chi connectivity index (χ3v) is 5.92. The van der Waals surface area contributed by atoms with Gasteiger partial charge in [0.1, 0.15) is 12.2 Å². The summed E-state index contributed by atoms with van der Waals surface area (Å²) < 4.78 is 5.31. The van der Waals surface area contributed by atoms with Crippen molar-refractivity contribution in [3.8, 4) is 0 Å². The van der Waals surface area contributed by atoms with E-state index in [0.29, 0.717) is 12.0 Å². The number of hydrogen-bond acceptors (Lipinski definition) is 5. The Morgan fingerprint density at radius 3 is 1.66 bits per heavy atom. The zero-order chi connectivity index (χ0) is 24.9. The predicted octanol–water partition coefficient (Wildman–Crippen LogP) is 7.44. The molecule has 5 nitrogen and oxygen atoms in total. The van der Waals surface area contributed by atoms with Crippen LogP contribution in [0.15, 0.2) is 30.3 Å². The summed E-state index contributed by atoms with van der Waals surface area (Å²) in [4.78, 5) is 34.0. The van der Waals surface area contributed by atoms with Gasteiger partial charge in [-0.1, -0.05) is 115 Å². The number of carbonyl (C=O) groups is 2. The van der Waals surface area contributed by atoms with Crippen molar-refractivity contribution in [3.63, 3.8) is 0 Å². The first kappa shape index (κ1) is 34.7. The van der Waals surface area contributed by atoms with Crippen molar-refractivity contribution in [1.82, 2.24) is 0 Å². The third kappa shape index (κ3) is 20.4. The molecule has 35 heavy (non-hydrogen) atoms. The molecule has 0 aliphatic carbocycles. The minimum absolute atomic E-state index is 0. The van der Waals surface area contributed by atoms with Gasteiger partial charge in [-0.3, -0.25) is 9.68 Å². The molecule has 1 aromatic carbocycles. The van der Waals surface area contributed by atoms with E-state index in [1.807, 2.05) is 6.07 Å². The quantitative estimate of drug-likeness (QED) is 0.0473. The van der Waals surface area contributed by atoms with E-state index in [1.54, 1.807) is 38.1 Å². The fraction of sp³-hybridized carbons (Fsp3) is 0.724. The molecule has 0 aliphatic rings. The molecule has 0 saturated heterocycles. The van der Waals surface area contributed by atoms with Crippen molar-refractivity contribution < 1.29 is 24.1 Å². The molecule has 0 radical (unpaired) electrons. The number of hydrogen-bond donors (Lipinski definition) is 0. The molecule has 0 N–H and O–H groups in total. The van der Waals surface area contributed by atoms with E-state index in [9.17, 15) is 9.59 Å². The molecule has 0 unspecified atom stereocenters. The Labute approximate surface area is 254 Å². The average molecular weight is 616 g/mol. The van der Waals surface area contributed by atoms with Crippen LogP contribution in [0.2, 0.25) is 0 Å². The monoisotopic (exact) mass is 616 g/mol. The van der Waals surface area contributed by atoms with Crippen LogP contribution in [0.4, 0.5) is 0 Å². The van der Waals surface area contributed by atoms with Crippen molar-refractivity contribution in [1.29, 1.82) is 0 Å². The van der Waals surface area contributed by atoms with Gasteiger partial charge in [0.05, 0.1) is 5.56 Å². The molecule has 0 aliphatic heterocycles. The van der Waals surface area contributed by atoms with Crippen LogP contribution in [0.1, 0.15) is 134 Å². The van der Waals surface area contributed by atoms with Gasteiger partial charge in [0.15, 0.2) is 0 Å². The van der Waals surface area contributed by atoms with Gasteiger partial charge in [-0.05, 0) is 32.4 Å². The Kier molecular flexibility index (Phi) is 22.7. The van der Waals surface area contributed by atoms with Crippen molar-refractivity contribution in [2.45, 2.75) is 129 Å². The maximum absolute atomic E-state index is 12.0. The van der Waals surface area contributed by atoms with Gasteiger partial charge in [-0.15, -0.1) is 0 Å². The number of esters is 1. The number of benzene rings is 1. The van der Waals surface area contributed by atoms with Crippen LogP contribution in [-0.2, 0) is 19.3 Å². The molecule has 1 rings (SSSR count). The Hall–Kier alpha value is -0.309. The van der Waals surface area contributed by atoms with Gasteiger partial charge in [0.25, 0.3) is 0 Å². The molecular formula is C29H50BaO5. The fourth-order valence-electron chi connectivity index (χ4n) is 3.76. The SMILES string of the molecule is CCCCCCCCCCCCCCCCCC(=O)OCC(C)(C)OOC(=O)c1ccccc1.[BaH2]. The van der Waals surface area contributed by atoms with Gasteiger partial charge < -0.3 is 4.74 Å². The van der Waals surface area contributed by atoms with Gasteiger partial charge in [-0.25, -0.2) is 4.79 Å². The molecule has 198 valence electrons. The molecular weight excluding hydrogens is 566 g/mol. The first-order valence-corrected chi connectivity index (χ1v) is 13.6. The van der Waals surface area contributed by atoms with Crippen LogP contribution in [0.5, 0.6) is 0 Å². The van der Waals surface area contributed by atoms with Gasteiger partial charge in [-0.2, -0.15) is 4.89 Å². The van der Waals surface area contributed by atoms with Crippen molar-refractivity contribution in [2.75, 3.05) is 6.61 Å². The third-order valence-electron chi connectivity index (χ3n) is 5.92. The second-order valence-electron chi connectivity index (χ2n) is 9.94. The summed E-state index contributed by atoms with van der Waals surface area (Å²) >= 11 is 0. The molecule has 0 fully saturated rings. The first-order valence-electron chi connectivity index (χ1n) is 13.6. The molecule has 0 spiro atoms. The Balaban J connectivity index is 0.0000116. The first-order chi connectivity index (χ1) is 16.4. The van der Waals surface area contributed by atoms with Gasteiger partial charge in [0.2, 0.25) is 0 Å². The van der Waals surface area contributed by atoms with Crippen LogP contribution in [0.3, 0.4) is 0 Å². The van der Waals surface area contributed by atoms with Crippen molar-refractivity contribution >= 4 is 60.8 Å². The van der Waals surface area contributed by atoms with Crippen molar-refractivity contribution in [3.05, 3.63) is 35.9 Å². The summed E-state index contributed by atoms with van der Waals surface area (Å²) in [5, 5.41) is 0. The fourth-order valence-corrected chi connectivity index (χ4v) is 3.76. The molecule has 0 amide bonds. The van der Waals surface area contributed by atoms with Gasteiger partial charge in [0, 0.05) is 6.42 Å². The number of carbonyl (C=O) groups excluding carboxylic acids is 2. The van der Waals surface area contributed by atoms with Crippen LogP contribution < -0.4 is 0 Å². The zero-order valence-corrected chi connectivity index (χ0v) is 21.9. The van der Waals surface area contributed by atoms with E-state index in [2.05, 4.69) is 6.92 Å². The summed E-state index contributed by atoms with van der Waals surface area (Å²) in [7, 11) is 0. The van der Waals surface area contributed by atoms with E-state index in [1.165, 1.54) is 83.5 Å². The molecule has 1 aromatic rings. The summed E-state index contributed by atoms with van der Waals surface area (Å²) in [5.74, 6) is -0.807. The van der Waals surface area contributed by atoms with E-state index in [0.717, 1.165) is 12.8 Å². The molecule has 0 heterocycles. The topological polar surface area (TPSA) is 61.8 Å². The molecule has 0 bridgehead atoms. The summed E-state index contributed by atoms with van der Waals surface area (Å²) in [6.07, 6.45) is 19.9. The summed E-state index contributed by atoms with van der Waals surface area (Å²) in [5.41, 5.74) is -0.502. The Morgan fingerprint density at radius 1 is 0.714 bits per heavy atom. The van der Waals surface area contributed by atoms with Gasteiger partial charge >= 0.3 is 60.8 Å². The Bertz CT molecular complexity index is 648. The van der Waals surface area contributed by atoms with Crippen molar-refractivity contribution in [2.24, 2.45) is 0 Å². The number of rotatable bonds is 21. The summed E-state index contributed by atoms with van der Waals surface area (Å²) in [6, 6.07) is 8.62. The number of unbranched alkanes of at least 4 members (excludes halogenated alkanes) is 14. The second-order valence-corrected chi connectivity index (χ2v) is 9.94. The molecule has 0 aromatic heterocycles. The molecule has 0 atom stereocenters. The second kappa shape index (κ2) is 22.9. The molecule has 6 heteroatoms. The Morgan fingerprint density at radius 2 is 1.17 bits per heavy atom. The van der Waals surface area contributed by atoms with E-state index in [4.69, 9.17) is 14.5 Å².